The molecule has 2 atom stereocenters. The van der Waals surface area contributed by atoms with Gasteiger partial charge in [-0.3, -0.25) is 9.59 Å². The van der Waals surface area contributed by atoms with Crippen LogP contribution >= 0.6 is 0 Å². The van der Waals surface area contributed by atoms with Gasteiger partial charge in [0.05, 0.1) is 6.04 Å². The standard InChI is InChI=1S/C12H23N3O2/c1-8(10(16)14-12(2,3)4)15-7-6-9(13-5)11(15)17/h8-9,13H,6-7H2,1-5H3,(H,14,16). The van der Waals surface area contributed by atoms with E-state index >= 15 is 0 Å². The maximum absolute atomic E-state index is 12.0. The van der Waals surface area contributed by atoms with Crippen LogP contribution in [0.4, 0.5) is 0 Å². The highest BCUT2D eigenvalue weighted by atomic mass is 16.2. The van der Waals surface area contributed by atoms with Crippen LogP contribution in [-0.4, -0.2) is 47.9 Å². The number of rotatable bonds is 3. The Balaban J connectivity index is 2.62. The van der Waals surface area contributed by atoms with Crippen molar-refractivity contribution in [3.05, 3.63) is 0 Å². The van der Waals surface area contributed by atoms with Gasteiger partial charge in [-0.25, -0.2) is 0 Å². The minimum absolute atomic E-state index is 0.0176. The van der Waals surface area contributed by atoms with Gasteiger partial charge >= 0.3 is 0 Å². The van der Waals surface area contributed by atoms with Crippen LogP contribution < -0.4 is 10.6 Å². The van der Waals surface area contributed by atoms with Crippen LogP contribution in [0.25, 0.3) is 0 Å². The van der Waals surface area contributed by atoms with Gasteiger partial charge in [-0.15, -0.1) is 0 Å². The number of hydrogen-bond donors (Lipinski definition) is 2. The number of hydrogen-bond acceptors (Lipinski definition) is 3. The quantitative estimate of drug-likeness (QED) is 0.737. The Kier molecular flexibility index (Phi) is 4.14. The molecule has 2 amide bonds. The second kappa shape index (κ2) is 5.04. The normalized spacial score (nSPS) is 22.8. The van der Waals surface area contributed by atoms with E-state index in [4.69, 9.17) is 0 Å². The number of carbonyl (C=O) groups excluding carboxylic acids is 2. The van der Waals surface area contributed by atoms with Crippen molar-refractivity contribution in [1.82, 2.24) is 15.5 Å². The Bertz CT molecular complexity index is 309. The maximum atomic E-state index is 12.0. The molecule has 0 aromatic rings. The van der Waals surface area contributed by atoms with E-state index in [2.05, 4.69) is 10.6 Å². The zero-order valence-corrected chi connectivity index (χ0v) is 11.3. The van der Waals surface area contributed by atoms with Gasteiger partial charge in [0.25, 0.3) is 0 Å². The Morgan fingerprint density at radius 2 is 2.06 bits per heavy atom. The van der Waals surface area contributed by atoms with Crippen molar-refractivity contribution < 1.29 is 9.59 Å². The number of carbonyl (C=O) groups is 2. The van der Waals surface area contributed by atoms with Crippen molar-refractivity contribution in [2.24, 2.45) is 0 Å². The molecular weight excluding hydrogens is 218 g/mol. The second-order valence-electron chi connectivity index (χ2n) is 5.58. The molecule has 5 nitrogen and oxygen atoms in total. The van der Waals surface area contributed by atoms with Crippen LogP contribution in [0.3, 0.4) is 0 Å². The molecular formula is C12H23N3O2. The number of nitrogens with zero attached hydrogens (tertiary/aromatic N) is 1. The Labute approximate surface area is 103 Å². The Morgan fingerprint density at radius 3 is 2.47 bits per heavy atom. The first-order chi connectivity index (χ1) is 7.76. The Morgan fingerprint density at radius 1 is 1.47 bits per heavy atom. The van der Waals surface area contributed by atoms with Crippen LogP contribution in [-0.2, 0) is 9.59 Å². The highest BCUT2D eigenvalue weighted by molar-refractivity contribution is 5.91. The van der Waals surface area contributed by atoms with Crippen molar-refractivity contribution >= 4 is 11.8 Å². The topological polar surface area (TPSA) is 61.4 Å². The summed E-state index contributed by atoms with van der Waals surface area (Å²) in [5.41, 5.74) is -0.267. The summed E-state index contributed by atoms with van der Waals surface area (Å²) in [5.74, 6) is -0.0772. The van der Waals surface area contributed by atoms with E-state index in [1.165, 1.54) is 0 Å². The first-order valence-electron chi connectivity index (χ1n) is 6.06. The van der Waals surface area contributed by atoms with Crippen molar-refractivity contribution in [2.75, 3.05) is 13.6 Å². The van der Waals surface area contributed by atoms with Crippen molar-refractivity contribution in [3.8, 4) is 0 Å². The molecule has 0 aromatic heterocycles. The largest absolute Gasteiger partial charge is 0.350 e. The van der Waals surface area contributed by atoms with Crippen LogP contribution in [0.1, 0.15) is 34.1 Å². The molecule has 5 heteroatoms. The smallest absolute Gasteiger partial charge is 0.242 e. The molecule has 98 valence electrons. The minimum atomic E-state index is -0.403. The predicted molar refractivity (Wildman–Crippen MR) is 66.5 cm³/mol. The molecule has 0 aromatic carbocycles. The second-order valence-corrected chi connectivity index (χ2v) is 5.58. The third kappa shape index (κ3) is 3.43. The van der Waals surface area contributed by atoms with E-state index in [1.807, 2.05) is 20.8 Å². The van der Waals surface area contributed by atoms with Gasteiger partial charge in [-0.1, -0.05) is 0 Å². The van der Waals surface area contributed by atoms with Gasteiger partial charge in [0, 0.05) is 12.1 Å². The van der Waals surface area contributed by atoms with Crippen LogP contribution in [0.5, 0.6) is 0 Å². The zero-order chi connectivity index (χ0) is 13.2. The summed E-state index contributed by atoms with van der Waals surface area (Å²) in [6.45, 7) is 8.21. The molecule has 0 spiro atoms. The fraction of sp³-hybridized carbons (Fsp3) is 0.833. The van der Waals surface area contributed by atoms with E-state index in [1.54, 1.807) is 18.9 Å². The average Bonchev–Trinajstić information content (AvgIpc) is 2.55. The molecule has 0 saturated carbocycles. The van der Waals surface area contributed by atoms with Crippen molar-refractivity contribution in [1.29, 1.82) is 0 Å². The van der Waals surface area contributed by atoms with Gasteiger partial charge in [0.15, 0.2) is 0 Å². The highest BCUT2D eigenvalue weighted by Gasteiger charge is 2.36. The molecule has 1 heterocycles. The molecule has 0 aliphatic carbocycles. The summed E-state index contributed by atoms with van der Waals surface area (Å²) in [6.07, 6.45) is 0.766. The van der Waals surface area contributed by atoms with Gasteiger partial charge in [0.2, 0.25) is 11.8 Å². The third-order valence-corrected chi connectivity index (χ3v) is 2.93. The van der Waals surface area contributed by atoms with Crippen LogP contribution in [0.2, 0.25) is 0 Å². The lowest BCUT2D eigenvalue weighted by Gasteiger charge is -2.28. The summed E-state index contributed by atoms with van der Waals surface area (Å²) < 4.78 is 0. The number of likely N-dealkylation sites (tertiary alicyclic amines) is 1. The lowest BCUT2D eigenvalue weighted by atomic mass is 10.1. The lowest BCUT2D eigenvalue weighted by molar-refractivity contribution is -0.138. The molecule has 2 N–H and O–H groups in total. The van der Waals surface area contributed by atoms with Gasteiger partial charge in [-0.2, -0.15) is 0 Å². The highest BCUT2D eigenvalue weighted by Crippen LogP contribution is 2.15. The molecule has 17 heavy (non-hydrogen) atoms. The summed E-state index contributed by atoms with van der Waals surface area (Å²) in [6, 6.07) is -0.542. The predicted octanol–water partition coefficient (Wildman–Crippen LogP) is 0.110. The molecule has 1 rings (SSSR count). The molecule has 0 radical (unpaired) electrons. The molecule has 1 saturated heterocycles. The summed E-state index contributed by atoms with van der Waals surface area (Å²) >= 11 is 0. The molecule has 1 aliphatic rings. The summed E-state index contributed by atoms with van der Waals surface area (Å²) in [7, 11) is 1.77. The third-order valence-electron chi connectivity index (χ3n) is 2.93. The summed E-state index contributed by atoms with van der Waals surface area (Å²) in [4.78, 5) is 25.5. The van der Waals surface area contributed by atoms with Crippen molar-refractivity contribution in [2.45, 2.75) is 51.7 Å². The number of nitrogens with one attached hydrogen (secondary N) is 2. The number of likely N-dealkylation sites (N-methyl/N-ethyl adjacent to an activating group) is 1. The van der Waals surface area contributed by atoms with E-state index in [-0.39, 0.29) is 23.4 Å². The SMILES string of the molecule is CNC1CCN(C(C)C(=O)NC(C)(C)C)C1=O. The van der Waals surface area contributed by atoms with Crippen molar-refractivity contribution in [3.63, 3.8) is 0 Å². The molecule has 2 unspecified atom stereocenters. The minimum Gasteiger partial charge on any atom is -0.350 e. The molecule has 0 bridgehead atoms. The fourth-order valence-electron chi connectivity index (χ4n) is 1.97. The summed E-state index contributed by atoms with van der Waals surface area (Å²) in [5, 5.41) is 5.86. The number of amides is 2. The van der Waals surface area contributed by atoms with Crippen LogP contribution in [0.15, 0.2) is 0 Å². The molecule has 1 aliphatic heterocycles. The van der Waals surface area contributed by atoms with Gasteiger partial charge in [0.1, 0.15) is 6.04 Å². The molecule has 1 fully saturated rings. The van der Waals surface area contributed by atoms with Gasteiger partial charge < -0.3 is 15.5 Å². The van der Waals surface area contributed by atoms with E-state index < -0.39 is 6.04 Å². The first-order valence-corrected chi connectivity index (χ1v) is 6.06. The Hall–Kier alpha value is -1.10. The van der Waals surface area contributed by atoms with Gasteiger partial charge in [-0.05, 0) is 41.2 Å². The first kappa shape index (κ1) is 14.0. The lowest BCUT2D eigenvalue weighted by Crippen LogP contribution is -2.52. The fourth-order valence-corrected chi connectivity index (χ4v) is 1.97. The maximum Gasteiger partial charge on any atom is 0.242 e. The van der Waals surface area contributed by atoms with E-state index in [0.717, 1.165) is 6.42 Å². The van der Waals surface area contributed by atoms with E-state index in [9.17, 15) is 9.59 Å². The zero-order valence-electron chi connectivity index (χ0n) is 11.3. The monoisotopic (exact) mass is 241 g/mol. The van der Waals surface area contributed by atoms with Crippen LogP contribution in [0, 0.1) is 0 Å². The van der Waals surface area contributed by atoms with E-state index in [0.29, 0.717) is 6.54 Å². The average molecular weight is 241 g/mol.